The zero-order valence-electron chi connectivity index (χ0n) is 27.0. The zero-order valence-corrected chi connectivity index (χ0v) is 27.0. The molecule has 1 N–H and O–H groups in total. The number of ether oxygens (including phenoxy) is 2. The molecule has 1 saturated heterocycles. The highest BCUT2D eigenvalue weighted by atomic mass is 16.5. The first-order valence-corrected chi connectivity index (χ1v) is 17.6. The Bertz CT molecular complexity index is 1330. The van der Waals surface area contributed by atoms with Gasteiger partial charge in [0.05, 0.1) is 19.3 Å². The number of rotatable bonds is 13. The van der Waals surface area contributed by atoms with E-state index in [0.717, 1.165) is 76.0 Å². The van der Waals surface area contributed by atoms with Crippen LogP contribution in [0.2, 0.25) is 0 Å². The van der Waals surface area contributed by atoms with Gasteiger partial charge in [-0.3, -0.25) is 9.69 Å². The third kappa shape index (κ3) is 5.24. The summed E-state index contributed by atoms with van der Waals surface area (Å²) in [7, 11) is 1.75. The summed E-state index contributed by atoms with van der Waals surface area (Å²) < 4.78 is 12.9. The van der Waals surface area contributed by atoms with E-state index in [9.17, 15) is 9.90 Å². The second-order valence-corrected chi connectivity index (χ2v) is 14.7. The Hall–Kier alpha value is -2.57. The number of methoxy groups -OCH3 is 1. The second-order valence-electron chi connectivity index (χ2n) is 14.7. The maximum atomic E-state index is 14.0. The van der Waals surface area contributed by atoms with Crippen molar-refractivity contribution in [1.29, 1.82) is 0 Å². The molecule has 44 heavy (non-hydrogen) atoms. The molecule has 1 spiro atoms. The number of benzene rings is 2. The third-order valence-corrected chi connectivity index (χ3v) is 11.9. The van der Waals surface area contributed by atoms with E-state index in [4.69, 9.17) is 9.47 Å². The summed E-state index contributed by atoms with van der Waals surface area (Å²) >= 11 is 0. The molecule has 0 aromatic heterocycles. The highest BCUT2D eigenvalue weighted by Crippen LogP contribution is 2.64. The predicted molar refractivity (Wildman–Crippen MR) is 173 cm³/mol. The molecule has 3 fully saturated rings. The molecule has 7 atom stereocenters. The van der Waals surface area contributed by atoms with Crippen molar-refractivity contribution in [3.63, 3.8) is 0 Å². The lowest BCUT2D eigenvalue weighted by Gasteiger charge is -2.61. The Balaban J connectivity index is 1.05. The van der Waals surface area contributed by atoms with Crippen LogP contribution in [0.15, 0.2) is 42.5 Å². The van der Waals surface area contributed by atoms with E-state index in [-0.39, 0.29) is 29.7 Å². The molecule has 2 heterocycles. The molecular weight excluding hydrogens is 548 g/mol. The van der Waals surface area contributed by atoms with Crippen molar-refractivity contribution >= 4 is 5.91 Å². The number of likely N-dealkylation sites (tertiary alicyclic amines) is 1. The Morgan fingerprint density at radius 1 is 1.09 bits per heavy atom. The number of piperidine rings is 1. The van der Waals surface area contributed by atoms with E-state index in [1.807, 2.05) is 0 Å². The van der Waals surface area contributed by atoms with Gasteiger partial charge in [-0.1, -0.05) is 55.7 Å². The molecule has 7 rings (SSSR count). The molecule has 1 amide bonds. The third-order valence-electron chi connectivity index (χ3n) is 11.9. The summed E-state index contributed by atoms with van der Waals surface area (Å²) in [6.07, 6.45) is 12.5. The number of nitrogens with zero attached hydrogens (tertiary/aromatic N) is 2. The summed E-state index contributed by atoms with van der Waals surface area (Å²) in [5.41, 5.74) is 4.14. The fourth-order valence-electron chi connectivity index (χ4n) is 9.75. The van der Waals surface area contributed by atoms with Gasteiger partial charge in [0.15, 0.2) is 11.5 Å². The van der Waals surface area contributed by atoms with Gasteiger partial charge in [0.25, 0.3) is 0 Å². The van der Waals surface area contributed by atoms with Crippen molar-refractivity contribution in [2.75, 3.05) is 20.2 Å². The highest BCUT2D eigenvalue weighted by molar-refractivity contribution is 5.77. The van der Waals surface area contributed by atoms with Gasteiger partial charge in [-0.2, -0.15) is 0 Å². The Morgan fingerprint density at radius 2 is 1.86 bits per heavy atom. The number of carbonyl (C=O) groups is 1. The van der Waals surface area contributed by atoms with Crippen molar-refractivity contribution in [3.8, 4) is 11.5 Å². The van der Waals surface area contributed by atoms with E-state index in [0.29, 0.717) is 30.2 Å². The molecule has 2 unspecified atom stereocenters. The smallest absolute Gasteiger partial charge is 0.223 e. The maximum absolute atomic E-state index is 14.0. The first kappa shape index (κ1) is 30.1. The fraction of sp³-hybridized carbons (Fsp3) is 0.658. The Labute approximate surface area is 264 Å². The fourth-order valence-corrected chi connectivity index (χ4v) is 9.75. The molecular formula is C38H52N2O4. The quantitative estimate of drug-likeness (QED) is 0.273. The van der Waals surface area contributed by atoms with Crippen molar-refractivity contribution in [2.24, 2.45) is 11.8 Å². The minimum absolute atomic E-state index is 0.0351. The average Bonchev–Trinajstić information content (AvgIpc) is 3.60. The van der Waals surface area contributed by atoms with E-state index in [1.54, 1.807) is 7.11 Å². The van der Waals surface area contributed by atoms with E-state index >= 15 is 0 Å². The second kappa shape index (κ2) is 12.3. The molecule has 2 saturated carbocycles. The van der Waals surface area contributed by atoms with Crippen LogP contribution < -0.4 is 9.47 Å². The van der Waals surface area contributed by atoms with Crippen LogP contribution in [0.5, 0.6) is 11.5 Å². The summed E-state index contributed by atoms with van der Waals surface area (Å²) in [6, 6.07) is 15.8. The summed E-state index contributed by atoms with van der Waals surface area (Å²) in [4.78, 5) is 18.9. The number of hydrogen-bond donors (Lipinski definition) is 1. The van der Waals surface area contributed by atoms with Crippen LogP contribution in [0, 0.1) is 11.8 Å². The van der Waals surface area contributed by atoms with Crippen molar-refractivity contribution in [3.05, 3.63) is 59.2 Å². The first-order valence-electron chi connectivity index (χ1n) is 17.6. The average molecular weight is 601 g/mol. The van der Waals surface area contributed by atoms with Gasteiger partial charge in [0, 0.05) is 41.9 Å². The molecule has 2 aromatic rings. The van der Waals surface area contributed by atoms with E-state index in [2.05, 4.69) is 66.1 Å². The van der Waals surface area contributed by atoms with Gasteiger partial charge < -0.3 is 19.5 Å². The first-order chi connectivity index (χ1) is 21.4. The molecule has 2 aliphatic heterocycles. The number of carbonyl (C=O) groups excluding carboxylic acids is 1. The molecule has 6 nitrogen and oxygen atoms in total. The van der Waals surface area contributed by atoms with Gasteiger partial charge in [-0.05, 0) is 94.9 Å². The molecule has 2 aromatic carbocycles. The monoisotopic (exact) mass is 600 g/mol. The van der Waals surface area contributed by atoms with Crippen LogP contribution >= 0.6 is 0 Å². The van der Waals surface area contributed by atoms with Crippen LogP contribution in [0.4, 0.5) is 0 Å². The van der Waals surface area contributed by atoms with Crippen molar-refractivity contribution in [2.45, 2.75) is 127 Å². The number of aliphatic hydroxyl groups is 1. The number of aryl methyl sites for hydroxylation is 1. The highest BCUT2D eigenvalue weighted by Gasteiger charge is 2.67. The normalized spacial score (nSPS) is 31.4. The van der Waals surface area contributed by atoms with Crippen LogP contribution in [-0.4, -0.2) is 71.3 Å². The van der Waals surface area contributed by atoms with E-state index in [1.165, 1.54) is 36.0 Å². The number of aliphatic hydroxyl groups excluding tert-OH is 1. The molecule has 3 aliphatic carbocycles. The van der Waals surface area contributed by atoms with Gasteiger partial charge in [0.2, 0.25) is 5.91 Å². The van der Waals surface area contributed by atoms with Gasteiger partial charge in [-0.25, -0.2) is 0 Å². The minimum atomic E-state index is -0.115. The van der Waals surface area contributed by atoms with Crippen LogP contribution in [0.25, 0.3) is 0 Å². The van der Waals surface area contributed by atoms with Crippen molar-refractivity contribution < 1.29 is 19.4 Å². The maximum Gasteiger partial charge on any atom is 0.223 e. The number of unbranched alkanes of at least 4 members (excludes halogenated alkanes) is 4. The van der Waals surface area contributed by atoms with E-state index < -0.39 is 0 Å². The SMILES string of the molecule is COc1ccc2c3c1O[C@H]1[C@@H](N(C(=O)CCCCCCCc4ccccc4)C(C)C)CC[C@H]4[C@@H](C2)N(CC2CC2O)CC[C@@]341. The van der Waals surface area contributed by atoms with Crippen LogP contribution in [0.3, 0.4) is 0 Å². The van der Waals surface area contributed by atoms with Gasteiger partial charge >= 0.3 is 0 Å². The number of amides is 1. The lowest BCUT2D eigenvalue weighted by atomic mass is 9.51. The van der Waals surface area contributed by atoms with Gasteiger partial charge in [-0.15, -0.1) is 0 Å². The van der Waals surface area contributed by atoms with Crippen molar-refractivity contribution in [1.82, 2.24) is 9.80 Å². The Morgan fingerprint density at radius 3 is 2.61 bits per heavy atom. The molecule has 6 heteroatoms. The summed E-state index contributed by atoms with van der Waals surface area (Å²) in [5, 5.41) is 10.1. The standard InChI is InChI=1S/C38H52N2O4/c1-25(2)40(34(42)15-11-6-4-5-8-12-26-13-9-7-10-14-26)30-18-17-29-31-22-27-16-19-33(43-3)36-35(27)38(29,37(30)44-36)20-21-39(31)24-28-23-32(28)41/h7,9-10,13-14,16,19,25,28-32,37,41H,4-6,8,11-12,15,17-18,20-24H2,1-3H3/t28?,29-,30-,31+,32?,37-,38-/m0/s1. The lowest BCUT2D eigenvalue weighted by molar-refractivity contribution is -0.146. The van der Waals surface area contributed by atoms with Gasteiger partial charge in [0.1, 0.15) is 6.10 Å². The lowest BCUT2D eigenvalue weighted by Crippen LogP contribution is -2.69. The molecule has 238 valence electrons. The minimum Gasteiger partial charge on any atom is -0.493 e. The summed E-state index contributed by atoms with van der Waals surface area (Å²) in [5.74, 6) is 3.02. The molecule has 2 bridgehead atoms. The molecule has 0 radical (unpaired) electrons. The van der Waals surface area contributed by atoms with Crippen LogP contribution in [-0.2, 0) is 23.1 Å². The molecule has 5 aliphatic rings. The van der Waals surface area contributed by atoms with Crippen LogP contribution in [0.1, 0.15) is 94.7 Å². The largest absolute Gasteiger partial charge is 0.493 e. The Kier molecular flexibility index (Phi) is 8.43. The summed E-state index contributed by atoms with van der Waals surface area (Å²) in [6.45, 7) is 6.42. The predicted octanol–water partition coefficient (Wildman–Crippen LogP) is 6.30. The zero-order chi connectivity index (χ0) is 30.4. The topological polar surface area (TPSA) is 62.2 Å². The number of hydrogen-bond acceptors (Lipinski definition) is 5.